The van der Waals surface area contributed by atoms with Crippen molar-refractivity contribution in [2.45, 2.75) is 74.2 Å². The van der Waals surface area contributed by atoms with Crippen LogP contribution in [0.5, 0.6) is 0 Å². The molecule has 28 heavy (non-hydrogen) atoms. The molecule has 0 aromatic rings. The zero-order valence-electron chi connectivity index (χ0n) is 16.3. The van der Waals surface area contributed by atoms with Crippen LogP contribution in [0, 0.1) is 5.41 Å². The zero-order valence-corrected chi connectivity index (χ0v) is 17.1. The molecule has 5 fully saturated rings. The van der Waals surface area contributed by atoms with Gasteiger partial charge in [0.1, 0.15) is 12.8 Å². The van der Waals surface area contributed by atoms with E-state index >= 15 is 0 Å². The highest BCUT2D eigenvalue weighted by atomic mass is 35.5. The summed E-state index contributed by atoms with van der Waals surface area (Å²) in [6.45, 7) is 1.56. The molecule has 9 heteroatoms. The van der Waals surface area contributed by atoms with Crippen LogP contribution in [0.25, 0.3) is 0 Å². The van der Waals surface area contributed by atoms with Gasteiger partial charge in [-0.1, -0.05) is 0 Å². The summed E-state index contributed by atoms with van der Waals surface area (Å²) >= 11 is 5.87. The van der Waals surface area contributed by atoms with E-state index < -0.39 is 11.5 Å². The van der Waals surface area contributed by atoms with Gasteiger partial charge in [-0.3, -0.25) is 15.0 Å². The van der Waals surface area contributed by atoms with Gasteiger partial charge in [0.25, 0.3) is 0 Å². The van der Waals surface area contributed by atoms with Gasteiger partial charge in [-0.05, 0) is 38.5 Å². The second-order valence-electron chi connectivity index (χ2n) is 9.16. The second-order valence-corrected chi connectivity index (χ2v) is 9.72. The van der Waals surface area contributed by atoms with E-state index in [0.29, 0.717) is 44.7 Å². The monoisotopic (exact) mass is 416 g/mol. The van der Waals surface area contributed by atoms with Crippen LogP contribution in [0.15, 0.2) is 0 Å². The molecule has 158 valence electrons. The Balaban J connectivity index is 1.13. The SMILES string of the molecule is CN1CCC(CNC(=O)C23CC(NC(=O)COC4CCC(Cl)C(F)C4)(C2)C3)N1. The van der Waals surface area contributed by atoms with Gasteiger partial charge in [0, 0.05) is 38.1 Å². The molecule has 3 N–H and O–H groups in total. The first-order valence-corrected chi connectivity index (χ1v) is 10.7. The highest BCUT2D eigenvalue weighted by Gasteiger charge is 2.72. The van der Waals surface area contributed by atoms with Crippen molar-refractivity contribution in [2.75, 3.05) is 26.7 Å². The van der Waals surface area contributed by atoms with Crippen LogP contribution in [-0.2, 0) is 14.3 Å². The number of hydrogen-bond acceptors (Lipinski definition) is 5. The minimum absolute atomic E-state index is 0.0633. The van der Waals surface area contributed by atoms with Crippen molar-refractivity contribution in [1.82, 2.24) is 21.1 Å². The first-order valence-electron chi connectivity index (χ1n) is 10.3. The van der Waals surface area contributed by atoms with E-state index in [-0.39, 0.29) is 41.9 Å². The average molecular weight is 417 g/mol. The summed E-state index contributed by atoms with van der Waals surface area (Å²) < 4.78 is 19.2. The molecule has 4 unspecified atom stereocenters. The molecule has 7 nitrogen and oxygen atoms in total. The van der Waals surface area contributed by atoms with Crippen molar-refractivity contribution in [3.8, 4) is 0 Å². The van der Waals surface area contributed by atoms with E-state index in [9.17, 15) is 14.0 Å². The minimum atomic E-state index is -1.07. The fourth-order valence-corrected chi connectivity index (χ4v) is 5.45. The Morgan fingerprint density at radius 1 is 1.29 bits per heavy atom. The van der Waals surface area contributed by atoms with E-state index in [0.717, 1.165) is 13.0 Å². The van der Waals surface area contributed by atoms with Crippen LogP contribution >= 0.6 is 11.6 Å². The molecule has 1 heterocycles. The Kier molecular flexibility index (Phi) is 5.59. The van der Waals surface area contributed by atoms with Crippen molar-refractivity contribution >= 4 is 23.4 Å². The fraction of sp³-hybridized carbons (Fsp3) is 0.895. The molecule has 5 rings (SSSR count). The normalized spacial score (nSPS) is 42.4. The Morgan fingerprint density at radius 3 is 2.68 bits per heavy atom. The fourth-order valence-electron chi connectivity index (χ4n) is 5.22. The largest absolute Gasteiger partial charge is 0.368 e. The highest BCUT2D eigenvalue weighted by Crippen LogP contribution is 2.67. The Labute approximate surface area is 170 Å². The number of hydrazine groups is 1. The molecule has 1 aliphatic heterocycles. The molecule has 0 aromatic carbocycles. The summed E-state index contributed by atoms with van der Waals surface area (Å²) in [6.07, 6.45) is 3.30. The van der Waals surface area contributed by atoms with Crippen molar-refractivity contribution < 1.29 is 18.7 Å². The van der Waals surface area contributed by atoms with Crippen LogP contribution in [0.3, 0.4) is 0 Å². The first-order chi connectivity index (χ1) is 13.3. The molecule has 4 aliphatic carbocycles. The lowest BCUT2D eigenvalue weighted by molar-refractivity contribution is -0.184. The molecule has 0 spiro atoms. The Hall–Kier alpha value is -0.960. The maximum absolute atomic E-state index is 13.6. The molecule has 2 bridgehead atoms. The third-order valence-corrected chi connectivity index (χ3v) is 7.23. The number of amides is 2. The molecule has 4 atom stereocenters. The van der Waals surface area contributed by atoms with Crippen LogP contribution in [0.4, 0.5) is 4.39 Å². The summed E-state index contributed by atoms with van der Waals surface area (Å²) in [7, 11) is 2.00. The molecule has 0 aromatic heterocycles. The van der Waals surface area contributed by atoms with Gasteiger partial charge in [0.05, 0.1) is 16.9 Å². The maximum Gasteiger partial charge on any atom is 0.246 e. The van der Waals surface area contributed by atoms with Crippen LogP contribution in [0.2, 0.25) is 0 Å². The first kappa shape index (κ1) is 20.3. The van der Waals surface area contributed by atoms with Gasteiger partial charge in [0.2, 0.25) is 11.8 Å². The van der Waals surface area contributed by atoms with Crippen molar-refractivity contribution in [1.29, 1.82) is 0 Å². The van der Waals surface area contributed by atoms with E-state index in [2.05, 4.69) is 16.1 Å². The van der Waals surface area contributed by atoms with Gasteiger partial charge in [0.15, 0.2) is 0 Å². The van der Waals surface area contributed by atoms with E-state index in [4.69, 9.17) is 16.3 Å². The summed E-state index contributed by atoms with van der Waals surface area (Å²) in [4.78, 5) is 24.7. The molecular weight excluding hydrogens is 387 g/mol. The molecule has 4 saturated carbocycles. The van der Waals surface area contributed by atoms with Crippen LogP contribution in [-0.4, -0.2) is 72.8 Å². The zero-order chi connectivity index (χ0) is 19.9. The highest BCUT2D eigenvalue weighted by molar-refractivity contribution is 6.21. The summed E-state index contributed by atoms with van der Waals surface area (Å²) in [5.41, 5.74) is 2.75. The van der Waals surface area contributed by atoms with Crippen molar-refractivity contribution in [3.63, 3.8) is 0 Å². The summed E-state index contributed by atoms with van der Waals surface area (Å²) in [6, 6.07) is 0.296. The predicted octanol–water partition coefficient (Wildman–Crippen LogP) is 0.865. The number of carbonyl (C=O) groups excluding carboxylic acids is 2. The number of alkyl halides is 2. The Bertz CT molecular complexity index is 617. The van der Waals surface area contributed by atoms with E-state index in [1.165, 1.54) is 0 Å². The van der Waals surface area contributed by atoms with E-state index in [1.54, 1.807) is 0 Å². The van der Waals surface area contributed by atoms with Crippen LogP contribution < -0.4 is 16.1 Å². The molecule has 2 amide bonds. The lowest BCUT2D eigenvalue weighted by Crippen LogP contribution is -2.78. The van der Waals surface area contributed by atoms with Gasteiger partial charge < -0.3 is 15.4 Å². The van der Waals surface area contributed by atoms with Gasteiger partial charge in [-0.25, -0.2) is 9.40 Å². The standard InChI is InChI=1S/C19H30ClFN4O3/c1-25-5-4-12(24-25)7-22-17(27)18-9-19(10-18,11-18)23-16(26)8-28-13-2-3-14(20)15(21)6-13/h12-15,24H,2-11H2,1H3,(H,22,27)(H,23,26). The number of rotatable bonds is 7. The molecule has 1 saturated heterocycles. The molecule has 5 aliphatic rings. The Morgan fingerprint density at radius 2 is 2.04 bits per heavy atom. The minimum Gasteiger partial charge on any atom is -0.368 e. The summed E-state index contributed by atoms with van der Waals surface area (Å²) in [5, 5.41) is 7.68. The molecular formula is C19H30ClFN4O3. The number of carbonyl (C=O) groups is 2. The number of nitrogens with zero attached hydrogens (tertiary/aromatic N) is 1. The van der Waals surface area contributed by atoms with Gasteiger partial charge in [-0.2, -0.15) is 0 Å². The van der Waals surface area contributed by atoms with Crippen molar-refractivity contribution in [2.24, 2.45) is 5.41 Å². The van der Waals surface area contributed by atoms with Crippen molar-refractivity contribution in [3.05, 3.63) is 0 Å². The number of halogens is 2. The van der Waals surface area contributed by atoms with Gasteiger partial charge >= 0.3 is 0 Å². The third-order valence-electron chi connectivity index (χ3n) is 6.74. The number of hydrogen-bond donors (Lipinski definition) is 3. The topological polar surface area (TPSA) is 82.7 Å². The van der Waals surface area contributed by atoms with Crippen LogP contribution in [0.1, 0.15) is 44.9 Å². The number of ether oxygens (including phenoxy) is 1. The summed E-state index contributed by atoms with van der Waals surface area (Å²) in [5.74, 6) is -0.0849. The van der Waals surface area contributed by atoms with Gasteiger partial charge in [-0.15, -0.1) is 11.6 Å². The lowest BCUT2D eigenvalue weighted by atomic mass is 9.39. The quantitative estimate of drug-likeness (QED) is 0.536. The second kappa shape index (κ2) is 7.70. The smallest absolute Gasteiger partial charge is 0.246 e. The molecule has 0 radical (unpaired) electrons. The number of nitrogens with one attached hydrogen (secondary N) is 3. The van der Waals surface area contributed by atoms with E-state index in [1.807, 2.05) is 12.1 Å². The third kappa shape index (κ3) is 4.01. The average Bonchev–Trinajstić information content (AvgIpc) is 3.01. The predicted molar refractivity (Wildman–Crippen MR) is 102 cm³/mol. The maximum atomic E-state index is 13.6. The lowest BCUT2D eigenvalue weighted by Gasteiger charge is -2.69.